The Balaban J connectivity index is 2.54. The van der Waals surface area contributed by atoms with Crippen molar-refractivity contribution in [1.82, 2.24) is 9.38 Å². The van der Waals surface area contributed by atoms with Gasteiger partial charge < -0.3 is 10.1 Å². The van der Waals surface area contributed by atoms with Crippen molar-refractivity contribution in [2.24, 2.45) is 5.73 Å². The van der Waals surface area contributed by atoms with Gasteiger partial charge in [0.2, 0.25) is 0 Å². The summed E-state index contributed by atoms with van der Waals surface area (Å²) in [6, 6.07) is 4.25. The Morgan fingerprint density at radius 2 is 2.19 bits per heavy atom. The molecule has 0 aromatic carbocycles. The number of aryl methyl sites for hydroxylation is 1. The SMILES string of the molecule is Cc1c(C(C)C)nc2cc(CCN)ccn12. The van der Waals surface area contributed by atoms with Crippen molar-refractivity contribution in [1.29, 1.82) is 0 Å². The van der Waals surface area contributed by atoms with Gasteiger partial charge >= 0.3 is 0 Å². The standard InChI is InChI=1S/C13H19N3/c1-9(2)13-10(3)16-7-5-11(4-6-14)8-12(16)15-13/h5,7-9H,4,6,14H2,1-3H3. The minimum absolute atomic E-state index is 0.470. The highest BCUT2D eigenvalue weighted by Crippen LogP contribution is 2.20. The number of nitrogens with zero attached hydrogens (tertiary/aromatic N) is 2. The van der Waals surface area contributed by atoms with Gasteiger partial charge in [-0.1, -0.05) is 13.8 Å². The van der Waals surface area contributed by atoms with Crippen molar-refractivity contribution < 1.29 is 0 Å². The molecular weight excluding hydrogens is 198 g/mol. The van der Waals surface area contributed by atoms with Crippen molar-refractivity contribution in [2.75, 3.05) is 6.54 Å². The molecule has 0 radical (unpaired) electrons. The lowest BCUT2D eigenvalue weighted by Crippen LogP contribution is -2.03. The highest BCUT2D eigenvalue weighted by molar-refractivity contribution is 5.46. The van der Waals surface area contributed by atoms with E-state index in [1.54, 1.807) is 0 Å². The van der Waals surface area contributed by atoms with Crippen LogP contribution in [-0.4, -0.2) is 15.9 Å². The molecule has 0 spiro atoms. The zero-order chi connectivity index (χ0) is 11.7. The first-order valence-electron chi connectivity index (χ1n) is 5.81. The number of imidazole rings is 1. The van der Waals surface area contributed by atoms with Gasteiger partial charge in [0.25, 0.3) is 0 Å². The summed E-state index contributed by atoms with van der Waals surface area (Å²) in [5.41, 5.74) is 10.3. The lowest BCUT2D eigenvalue weighted by Gasteiger charge is -2.02. The van der Waals surface area contributed by atoms with Crippen molar-refractivity contribution >= 4 is 5.65 Å². The molecule has 2 heterocycles. The molecule has 0 fully saturated rings. The number of hydrogen-bond donors (Lipinski definition) is 1. The fourth-order valence-electron chi connectivity index (χ4n) is 2.10. The molecule has 0 saturated heterocycles. The Bertz CT molecular complexity index is 497. The predicted octanol–water partition coefficient (Wildman–Crippen LogP) is 2.27. The van der Waals surface area contributed by atoms with E-state index in [9.17, 15) is 0 Å². The van der Waals surface area contributed by atoms with Crippen LogP contribution in [0.3, 0.4) is 0 Å². The van der Waals surface area contributed by atoms with E-state index in [0.29, 0.717) is 12.5 Å². The molecule has 0 bridgehead atoms. The second kappa shape index (κ2) is 4.26. The third kappa shape index (κ3) is 1.83. The number of rotatable bonds is 3. The van der Waals surface area contributed by atoms with Crippen molar-refractivity contribution in [3.05, 3.63) is 35.3 Å². The maximum Gasteiger partial charge on any atom is 0.137 e. The van der Waals surface area contributed by atoms with E-state index < -0.39 is 0 Å². The van der Waals surface area contributed by atoms with E-state index in [1.165, 1.54) is 17.0 Å². The zero-order valence-electron chi connectivity index (χ0n) is 10.2. The minimum Gasteiger partial charge on any atom is -0.330 e. The van der Waals surface area contributed by atoms with Gasteiger partial charge in [-0.25, -0.2) is 4.98 Å². The number of nitrogens with two attached hydrogens (primary N) is 1. The van der Waals surface area contributed by atoms with E-state index in [2.05, 4.69) is 48.5 Å². The summed E-state index contributed by atoms with van der Waals surface area (Å²) in [6.45, 7) is 7.16. The molecule has 0 unspecified atom stereocenters. The van der Waals surface area contributed by atoms with Gasteiger partial charge in [0.15, 0.2) is 0 Å². The van der Waals surface area contributed by atoms with E-state index in [1.807, 2.05) is 0 Å². The molecule has 0 aliphatic rings. The molecule has 3 nitrogen and oxygen atoms in total. The van der Waals surface area contributed by atoms with Gasteiger partial charge in [-0.2, -0.15) is 0 Å². The molecule has 16 heavy (non-hydrogen) atoms. The molecule has 0 saturated carbocycles. The summed E-state index contributed by atoms with van der Waals surface area (Å²) < 4.78 is 2.15. The van der Waals surface area contributed by atoms with Crippen molar-refractivity contribution in [2.45, 2.75) is 33.1 Å². The first-order chi connectivity index (χ1) is 7.63. The van der Waals surface area contributed by atoms with Crippen molar-refractivity contribution in [3.63, 3.8) is 0 Å². The van der Waals surface area contributed by atoms with Crippen LogP contribution in [0.1, 0.15) is 36.7 Å². The number of pyridine rings is 1. The third-order valence-electron chi connectivity index (χ3n) is 2.95. The van der Waals surface area contributed by atoms with E-state index in [4.69, 9.17) is 5.73 Å². The smallest absolute Gasteiger partial charge is 0.137 e. The molecule has 0 amide bonds. The Morgan fingerprint density at radius 1 is 1.44 bits per heavy atom. The van der Waals surface area contributed by atoms with Crippen LogP contribution in [0.25, 0.3) is 5.65 Å². The topological polar surface area (TPSA) is 43.3 Å². The normalized spacial score (nSPS) is 11.6. The third-order valence-corrected chi connectivity index (χ3v) is 2.95. The van der Waals surface area contributed by atoms with Gasteiger partial charge in [-0.15, -0.1) is 0 Å². The monoisotopic (exact) mass is 217 g/mol. The van der Waals surface area contributed by atoms with Crippen LogP contribution >= 0.6 is 0 Å². The minimum atomic E-state index is 0.470. The summed E-state index contributed by atoms with van der Waals surface area (Å²) in [4.78, 5) is 4.68. The predicted molar refractivity (Wildman–Crippen MR) is 66.8 cm³/mol. The Morgan fingerprint density at radius 3 is 2.81 bits per heavy atom. The number of fused-ring (bicyclic) bond motifs is 1. The highest BCUT2D eigenvalue weighted by atomic mass is 15.0. The first-order valence-corrected chi connectivity index (χ1v) is 5.81. The summed E-state index contributed by atoms with van der Waals surface area (Å²) >= 11 is 0. The lowest BCUT2D eigenvalue weighted by atomic mass is 10.1. The maximum atomic E-state index is 5.56. The largest absolute Gasteiger partial charge is 0.330 e. The van der Waals surface area contributed by atoms with Gasteiger partial charge in [0.05, 0.1) is 5.69 Å². The maximum absolute atomic E-state index is 5.56. The first kappa shape index (κ1) is 11.1. The van der Waals surface area contributed by atoms with Crippen molar-refractivity contribution in [3.8, 4) is 0 Å². The van der Waals surface area contributed by atoms with Crippen LogP contribution in [-0.2, 0) is 6.42 Å². The second-order valence-corrected chi connectivity index (χ2v) is 4.54. The second-order valence-electron chi connectivity index (χ2n) is 4.54. The quantitative estimate of drug-likeness (QED) is 0.857. The van der Waals surface area contributed by atoms with E-state index in [-0.39, 0.29) is 0 Å². The molecule has 2 aromatic rings. The molecule has 3 heteroatoms. The van der Waals surface area contributed by atoms with Crippen LogP contribution < -0.4 is 5.73 Å². The zero-order valence-corrected chi connectivity index (χ0v) is 10.2. The molecular formula is C13H19N3. The molecule has 2 aromatic heterocycles. The summed E-state index contributed by atoms with van der Waals surface area (Å²) in [7, 11) is 0. The lowest BCUT2D eigenvalue weighted by molar-refractivity contribution is 0.821. The summed E-state index contributed by atoms with van der Waals surface area (Å²) in [5.74, 6) is 0.470. The number of hydrogen-bond acceptors (Lipinski definition) is 2. The molecule has 0 atom stereocenters. The van der Waals surface area contributed by atoms with Crippen LogP contribution in [0.4, 0.5) is 0 Å². The fourth-order valence-corrected chi connectivity index (χ4v) is 2.10. The average Bonchev–Trinajstić information content (AvgIpc) is 2.56. The van der Waals surface area contributed by atoms with Crippen LogP contribution in [0.5, 0.6) is 0 Å². The Kier molecular flexibility index (Phi) is 2.97. The molecule has 86 valence electrons. The molecule has 0 aliphatic heterocycles. The molecule has 0 aliphatic carbocycles. The number of aromatic nitrogens is 2. The molecule has 2 N–H and O–H groups in total. The summed E-state index contributed by atoms with van der Waals surface area (Å²) in [5, 5.41) is 0. The fraction of sp³-hybridized carbons (Fsp3) is 0.462. The highest BCUT2D eigenvalue weighted by Gasteiger charge is 2.11. The van der Waals surface area contributed by atoms with Crippen LogP contribution in [0.15, 0.2) is 18.3 Å². The Labute approximate surface area is 96.3 Å². The van der Waals surface area contributed by atoms with Gasteiger partial charge in [0.1, 0.15) is 5.65 Å². The van der Waals surface area contributed by atoms with Gasteiger partial charge in [-0.05, 0) is 43.5 Å². The van der Waals surface area contributed by atoms with Crippen LogP contribution in [0.2, 0.25) is 0 Å². The molecule has 2 rings (SSSR count). The summed E-state index contributed by atoms with van der Waals surface area (Å²) in [6.07, 6.45) is 3.01. The van der Waals surface area contributed by atoms with Crippen LogP contribution in [0, 0.1) is 6.92 Å². The van der Waals surface area contributed by atoms with E-state index in [0.717, 1.165) is 12.1 Å². The van der Waals surface area contributed by atoms with E-state index >= 15 is 0 Å². The Hall–Kier alpha value is -1.35. The average molecular weight is 217 g/mol. The van der Waals surface area contributed by atoms with Gasteiger partial charge in [0, 0.05) is 11.9 Å². The van der Waals surface area contributed by atoms with Gasteiger partial charge in [-0.3, -0.25) is 0 Å².